The monoisotopic (exact) mass is 362 g/mol. The molecule has 140 valence electrons. The molecule has 1 aromatic carbocycles. The van der Waals surface area contributed by atoms with Crippen LogP contribution in [0.2, 0.25) is 0 Å². The average Bonchev–Trinajstić information content (AvgIpc) is 2.58. The SMILES string of the molecule is CCCCCOC(=O)C1=C(C)NC(=O)N[C@H]1c1ccc([O-])c([N+](=O)[O-])c1. The van der Waals surface area contributed by atoms with Gasteiger partial charge in [-0.05, 0) is 24.7 Å². The highest BCUT2D eigenvalue weighted by Crippen LogP contribution is 2.32. The number of benzene rings is 1. The van der Waals surface area contributed by atoms with Crippen molar-refractivity contribution in [1.29, 1.82) is 0 Å². The average molecular weight is 362 g/mol. The largest absolute Gasteiger partial charge is 0.868 e. The summed E-state index contributed by atoms with van der Waals surface area (Å²) in [5.74, 6) is -1.37. The molecule has 9 heteroatoms. The van der Waals surface area contributed by atoms with Crippen molar-refractivity contribution < 1.29 is 24.4 Å². The number of nitrogens with zero attached hydrogens (tertiary/aromatic N) is 1. The normalized spacial score (nSPS) is 16.7. The maximum Gasteiger partial charge on any atom is 0.338 e. The number of nitro benzene ring substituents is 1. The molecule has 1 atom stereocenters. The molecule has 1 aliphatic heterocycles. The van der Waals surface area contributed by atoms with Crippen LogP contribution in [0, 0.1) is 10.1 Å². The lowest BCUT2D eigenvalue weighted by Gasteiger charge is -2.28. The van der Waals surface area contributed by atoms with E-state index < -0.39 is 34.4 Å². The Morgan fingerprint density at radius 1 is 1.35 bits per heavy atom. The van der Waals surface area contributed by atoms with E-state index in [2.05, 4.69) is 10.6 Å². The fourth-order valence-corrected chi connectivity index (χ4v) is 2.67. The van der Waals surface area contributed by atoms with E-state index in [1.807, 2.05) is 6.92 Å². The van der Waals surface area contributed by atoms with Crippen molar-refractivity contribution in [3.8, 4) is 5.75 Å². The highest BCUT2D eigenvalue weighted by atomic mass is 16.6. The van der Waals surface area contributed by atoms with Gasteiger partial charge >= 0.3 is 12.0 Å². The Kier molecular flexibility index (Phi) is 6.16. The number of nitro groups is 1. The van der Waals surface area contributed by atoms with Gasteiger partial charge in [-0.1, -0.05) is 31.9 Å². The van der Waals surface area contributed by atoms with Crippen LogP contribution in [0.4, 0.5) is 10.5 Å². The zero-order valence-electron chi connectivity index (χ0n) is 14.5. The second kappa shape index (κ2) is 8.32. The second-order valence-electron chi connectivity index (χ2n) is 5.90. The number of ether oxygens (including phenoxy) is 1. The molecule has 0 spiro atoms. The third-order valence-electron chi connectivity index (χ3n) is 3.98. The molecule has 2 N–H and O–H groups in total. The predicted molar refractivity (Wildman–Crippen MR) is 90.1 cm³/mol. The summed E-state index contributed by atoms with van der Waals surface area (Å²) < 4.78 is 5.26. The predicted octanol–water partition coefficient (Wildman–Crippen LogP) is 2.03. The molecule has 0 aliphatic carbocycles. The van der Waals surface area contributed by atoms with E-state index in [1.54, 1.807) is 6.92 Å². The molecule has 9 nitrogen and oxygen atoms in total. The lowest BCUT2D eigenvalue weighted by molar-refractivity contribution is -0.398. The molecule has 0 saturated carbocycles. The maximum absolute atomic E-state index is 12.5. The minimum Gasteiger partial charge on any atom is -0.868 e. The van der Waals surface area contributed by atoms with E-state index in [4.69, 9.17) is 4.74 Å². The molecular weight excluding hydrogens is 342 g/mol. The summed E-state index contributed by atoms with van der Waals surface area (Å²) in [4.78, 5) is 34.5. The van der Waals surface area contributed by atoms with Crippen molar-refractivity contribution in [2.24, 2.45) is 0 Å². The third-order valence-corrected chi connectivity index (χ3v) is 3.98. The molecule has 0 radical (unpaired) electrons. The van der Waals surface area contributed by atoms with Crippen LogP contribution in [0.25, 0.3) is 0 Å². The zero-order valence-corrected chi connectivity index (χ0v) is 14.5. The molecule has 0 aromatic heterocycles. The quantitative estimate of drug-likeness (QED) is 0.330. The van der Waals surface area contributed by atoms with E-state index in [-0.39, 0.29) is 17.7 Å². The number of esters is 1. The van der Waals surface area contributed by atoms with Gasteiger partial charge in [0.25, 0.3) is 5.69 Å². The first-order chi connectivity index (χ1) is 12.3. The van der Waals surface area contributed by atoms with E-state index in [9.17, 15) is 24.8 Å². The van der Waals surface area contributed by atoms with Crippen LogP contribution < -0.4 is 15.7 Å². The molecule has 2 rings (SSSR count). The first-order valence-corrected chi connectivity index (χ1v) is 8.26. The highest BCUT2D eigenvalue weighted by molar-refractivity contribution is 5.95. The Hall–Kier alpha value is -3.10. The van der Waals surface area contributed by atoms with Crippen LogP contribution >= 0.6 is 0 Å². The van der Waals surface area contributed by atoms with Crippen LogP contribution in [0.1, 0.15) is 44.7 Å². The van der Waals surface area contributed by atoms with E-state index in [0.29, 0.717) is 5.70 Å². The topological polar surface area (TPSA) is 134 Å². The minimum absolute atomic E-state index is 0.147. The van der Waals surface area contributed by atoms with Crippen LogP contribution in [-0.2, 0) is 9.53 Å². The summed E-state index contributed by atoms with van der Waals surface area (Å²) >= 11 is 0. The number of amides is 2. The molecule has 1 aliphatic rings. The van der Waals surface area contributed by atoms with Gasteiger partial charge in [-0.15, -0.1) is 0 Å². The van der Waals surface area contributed by atoms with Crippen molar-refractivity contribution in [2.45, 2.75) is 39.2 Å². The molecule has 1 aromatic rings. The Labute approximate surface area is 150 Å². The van der Waals surface area contributed by atoms with Gasteiger partial charge in [-0.25, -0.2) is 9.59 Å². The van der Waals surface area contributed by atoms with Gasteiger partial charge in [0, 0.05) is 11.8 Å². The third kappa shape index (κ3) is 4.29. The first-order valence-electron chi connectivity index (χ1n) is 8.26. The fraction of sp³-hybridized carbons (Fsp3) is 0.412. The minimum atomic E-state index is -0.943. The second-order valence-corrected chi connectivity index (χ2v) is 5.90. The number of hydrogen-bond acceptors (Lipinski definition) is 6. The van der Waals surface area contributed by atoms with Gasteiger partial charge in [0.05, 0.1) is 23.1 Å². The highest BCUT2D eigenvalue weighted by Gasteiger charge is 2.33. The Balaban J connectivity index is 2.33. The Morgan fingerprint density at radius 2 is 2.08 bits per heavy atom. The maximum atomic E-state index is 12.5. The molecule has 2 amide bonds. The summed E-state index contributed by atoms with van der Waals surface area (Å²) in [5.41, 5.74) is 0.0803. The lowest BCUT2D eigenvalue weighted by Crippen LogP contribution is -2.45. The van der Waals surface area contributed by atoms with E-state index >= 15 is 0 Å². The van der Waals surface area contributed by atoms with Gasteiger partial charge in [0.2, 0.25) is 0 Å². The van der Waals surface area contributed by atoms with Gasteiger partial charge in [0.15, 0.2) is 0 Å². The summed E-state index contributed by atoms with van der Waals surface area (Å²) in [5, 5.41) is 27.6. The molecule has 26 heavy (non-hydrogen) atoms. The van der Waals surface area contributed by atoms with Crippen molar-refractivity contribution >= 4 is 17.7 Å². The summed E-state index contributed by atoms with van der Waals surface area (Å²) in [6.07, 6.45) is 2.61. The van der Waals surface area contributed by atoms with Gasteiger partial charge in [-0.3, -0.25) is 10.1 Å². The van der Waals surface area contributed by atoms with E-state index in [1.165, 1.54) is 6.07 Å². The number of allylic oxidation sites excluding steroid dienone is 1. The number of urea groups is 1. The molecule has 0 unspecified atom stereocenters. The molecule has 1 heterocycles. The van der Waals surface area contributed by atoms with Crippen LogP contribution in [0.15, 0.2) is 29.5 Å². The van der Waals surface area contributed by atoms with Gasteiger partial charge < -0.3 is 20.5 Å². The molecular formula is C17H20N3O6-. The van der Waals surface area contributed by atoms with Crippen LogP contribution in [0.3, 0.4) is 0 Å². The number of nitrogens with one attached hydrogen (secondary N) is 2. The van der Waals surface area contributed by atoms with E-state index in [0.717, 1.165) is 31.4 Å². The number of unbranched alkanes of at least 4 members (excludes halogenated alkanes) is 2. The summed E-state index contributed by atoms with van der Waals surface area (Å²) in [6, 6.07) is 1.96. The summed E-state index contributed by atoms with van der Waals surface area (Å²) in [6.45, 7) is 3.81. The zero-order chi connectivity index (χ0) is 19.3. The molecule has 0 bridgehead atoms. The molecule has 0 saturated heterocycles. The number of hydrogen-bond donors (Lipinski definition) is 2. The lowest BCUT2D eigenvalue weighted by atomic mass is 9.95. The Morgan fingerprint density at radius 3 is 2.73 bits per heavy atom. The van der Waals surface area contributed by atoms with Gasteiger partial charge in [0.1, 0.15) is 0 Å². The first kappa shape index (κ1) is 19.2. The standard InChI is InChI=1S/C17H21N3O6/c1-3-4-5-8-26-16(22)14-10(2)18-17(23)19-15(14)11-6-7-13(21)12(9-11)20(24)25/h6-7,9,15,21H,3-5,8H2,1-2H3,(H2,18,19,23)/p-1/t15-/m0/s1. The smallest absolute Gasteiger partial charge is 0.338 e. The number of rotatable bonds is 7. The van der Waals surface area contributed by atoms with Crippen molar-refractivity contribution in [3.05, 3.63) is 45.1 Å². The number of carbonyl (C=O) groups excluding carboxylic acids is 2. The van der Waals surface area contributed by atoms with Crippen LogP contribution in [-0.4, -0.2) is 23.5 Å². The molecule has 0 fully saturated rings. The summed E-state index contributed by atoms with van der Waals surface area (Å²) in [7, 11) is 0. The van der Waals surface area contributed by atoms with Gasteiger partial charge in [-0.2, -0.15) is 0 Å². The van der Waals surface area contributed by atoms with Crippen LogP contribution in [0.5, 0.6) is 5.75 Å². The fourth-order valence-electron chi connectivity index (χ4n) is 2.67. The van der Waals surface area contributed by atoms with Crippen molar-refractivity contribution in [1.82, 2.24) is 10.6 Å². The van der Waals surface area contributed by atoms with Crippen molar-refractivity contribution in [3.63, 3.8) is 0 Å². The Bertz CT molecular complexity index is 759. The van der Waals surface area contributed by atoms with Crippen molar-refractivity contribution in [2.75, 3.05) is 6.61 Å². The number of carbonyl (C=O) groups is 2.